The minimum atomic E-state index is -0.815. The van der Waals surface area contributed by atoms with Gasteiger partial charge in [-0.05, 0) is 6.07 Å². The Kier molecular flexibility index (Phi) is 3.71. The molecule has 14 heavy (non-hydrogen) atoms. The van der Waals surface area contributed by atoms with E-state index < -0.39 is 11.9 Å². The van der Waals surface area contributed by atoms with Crippen LogP contribution in [0.1, 0.15) is 18.2 Å². The first-order chi connectivity index (χ1) is 6.65. The molecule has 1 rings (SSSR count). The Balaban J connectivity index is 2.66. The first kappa shape index (κ1) is 10.8. The van der Waals surface area contributed by atoms with Crippen molar-refractivity contribution in [1.29, 1.82) is 0 Å². The average Bonchev–Trinajstić information content (AvgIpc) is 2.53. The van der Waals surface area contributed by atoms with Crippen LogP contribution in [0.5, 0.6) is 0 Å². The molecule has 78 valence electrons. The summed E-state index contributed by atoms with van der Waals surface area (Å²) < 4.78 is 10.2. The van der Waals surface area contributed by atoms with Crippen molar-refractivity contribution in [3.8, 4) is 0 Å². The van der Waals surface area contributed by atoms with Crippen molar-refractivity contribution in [2.75, 3.05) is 7.11 Å². The zero-order valence-corrected chi connectivity index (χ0v) is 8.32. The summed E-state index contributed by atoms with van der Waals surface area (Å²) >= 11 is 0. The molecule has 4 heteroatoms. The molecule has 0 aromatic carbocycles. The second-order valence-corrected chi connectivity index (χ2v) is 3.25. The second kappa shape index (κ2) is 4.81. The molecule has 0 aliphatic rings. The molecular formula is C10H14O4. The number of carboxylic acids is 1. The molecule has 0 spiro atoms. The summed E-state index contributed by atoms with van der Waals surface area (Å²) in [7, 11) is 1.59. The van der Waals surface area contributed by atoms with Gasteiger partial charge in [-0.15, -0.1) is 0 Å². The molecule has 0 saturated carbocycles. The highest BCUT2D eigenvalue weighted by Crippen LogP contribution is 2.16. The molecule has 0 fully saturated rings. The first-order valence-corrected chi connectivity index (χ1v) is 4.42. The van der Waals surface area contributed by atoms with Gasteiger partial charge in [0, 0.05) is 19.1 Å². The van der Waals surface area contributed by atoms with Crippen LogP contribution >= 0.6 is 0 Å². The summed E-state index contributed by atoms with van der Waals surface area (Å²) in [5, 5.41) is 8.73. The van der Waals surface area contributed by atoms with E-state index in [-0.39, 0.29) is 0 Å². The van der Waals surface area contributed by atoms with E-state index in [2.05, 4.69) is 0 Å². The average molecular weight is 198 g/mol. The smallest absolute Gasteiger partial charge is 0.306 e. The van der Waals surface area contributed by atoms with Crippen molar-refractivity contribution in [3.05, 3.63) is 23.7 Å². The summed E-state index contributed by atoms with van der Waals surface area (Å²) in [6.07, 6.45) is 1.96. The van der Waals surface area contributed by atoms with E-state index in [0.717, 1.165) is 5.56 Å². The SMILES string of the molecule is COCc1ccoc1CC(C)C(=O)O. The van der Waals surface area contributed by atoms with Crippen LogP contribution < -0.4 is 0 Å². The minimum absolute atomic E-state index is 0.404. The molecule has 1 unspecified atom stereocenters. The third kappa shape index (κ3) is 2.60. The quantitative estimate of drug-likeness (QED) is 0.782. The fourth-order valence-corrected chi connectivity index (χ4v) is 1.20. The molecule has 0 bridgehead atoms. The molecule has 0 radical (unpaired) electrons. The number of methoxy groups -OCH3 is 1. The van der Waals surface area contributed by atoms with Crippen LogP contribution in [0, 0.1) is 5.92 Å². The maximum atomic E-state index is 10.6. The Morgan fingerprint density at radius 1 is 1.71 bits per heavy atom. The number of hydrogen-bond donors (Lipinski definition) is 1. The van der Waals surface area contributed by atoms with Gasteiger partial charge in [0.15, 0.2) is 0 Å². The molecule has 1 aromatic heterocycles. The van der Waals surface area contributed by atoms with Crippen LogP contribution in [0.4, 0.5) is 0 Å². The lowest BCUT2D eigenvalue weighted by atomic mass is 10.0. The molecule has 0 aliphatic heterocycles. The summed E-state index contributed by atoms with van der Waals surface area (Å²) in [4.78, 5) is 10.6. The zero-order valence-electron chi connectivity index (χ0n) is 8.32. The lowest BCUT2D eigenvalue weighted by molar-refractivity contribution is -0.141. The van der Waals surface area contributed by atoms with Gasteiger partial charge in [0.2, 0.25) is 0 Å². The molecule has 0 aliphatic carbocycles. The number of ether oxygens (including phenoxy) is 1. The summed E-state index contributed by atoms with van der Waals surface area (Å²) in [6, 6.07) is 1.80. The monoisotopic (exact) mass is 198 g/mol. The maximum Gasteiger partial charge on any atom is 0.306 e. The van der Waals surface area contributed by atoms with Gasteiger partial charge in [0.1, 0.15) is 5.76 Å². The van der Waals surface area contributed by atoms with E-state index in [4.69, 9.17) is 14.3 Å². The van der Waals surface area contributed by atoms with E-state index in [1.807, 2.05) is 0 Å². The third-order valence-corrected chi connectivity index (χ3v) is 2.05. The second-order valence-electron chi connectivity index (χ2n) is 3.25. The first-order valence-electron chi connectivity index (χ1n) is 4.42. The molecule has 1 aromatic rings. The van der Waals surface area contributed by atoms with Crippen molar-refractivity contribution < 1.29 is 19.1 Å². The lowest BCUT2D eigenvalue weighted by Gasteiger charge is -2.05. The van der Waals surface area contributed by atoms with E-state index in [1.54, 1.807) is 26.4 Å². The normalized spacial score (nSPS) is 12.7. The van der Waals surface area contributed by atoms with E-state index in [1.165, 1.54) is 0 Å². The Morgan fingerprint density at radius 3 is 3.00 bits per heavy atom. The predicted molar refractivity (Wildman–Crippen MR) is 49.9 cm³/mol. The standard InChI is InChI=1S/C10H14O4/c1-7(10(11)12)5-9-8(6-13-2)3-4-14-9/h3-4,7H,5-6H2,1-2H3,(H,11,12). The Morgan fingerprint density at radius 2 is 2.43 bits per heavy atom. The van der Waals surface area contributed by atoms with Crippen molar-refractivity contribution in [1.82, 2.24) is 0 Å². The molecule has 1 N–H and O–H groups in total. The third-order valence-electron chi connectivity index (χ3n) is 2.05. The zero-order chi connectivity index (χ0) is 10.6. The van der Waals surface area contributed by atoms with E-state index in [0.29, 0.717) is 18.8 Å². The molecule has 0 saturated heterocycles. The van der Waals surface area contributed by atoms with Gasteiger partial charge >= 0.3 is 5.97 Å². The minimum Gasteiger partial charge on any atom is -0.481 e. The number of carboxylic acid groups (broad SMARTS) is 1. The van der Waals surface area contributed by atoms with Crippen molar-refractivity contribution >= 4 is 5.97 Å². The van der Waals surface area contributed by atoms with Gasteiger partial charge in [-0.3, -0.25) is 4.79 Å². The van der Waals surface area contributed by atoms with Crippen molar-refractivity contribution in [3.63, 3.8) is 0 Å². The Bertz CT molecular complexity index is 303. The molecule has 4 nitrogen and oxygen atoms in total. The van der Waals surface area contributed by atoms with Crippen LogP contribution in [0.3, 0.4) is 0 Å². The summed E-state index contributed by atoms with van der Waals surface area (Å²) in [5.41, 5.74) is 0.917. The highest BCUT2D eigenvalue weighted by molar-refractivity contribution is 5.69. The van der Waals surface area contributed by atoms with Gasteiger partial charge in [-0.2, -0.15) is 0 Å². The van der Waals surface area contributed by atoms with Crippen molar-refractivity contribution in [2.24, 2.45) is 5.92 Å². The number of hydrogen-bond acceptors (Lipinski definition) is 3. The van der Waals surface area contributed by atoms with Crippen LogP contribution in [-0.2, 0) is 22.6 Å². The van der Waals surface area contributed by atoms with Crippen LogP contribution in [-0.4, -0.2) is 18.2 Å². The van der Waals surface area contributed by atoms with E-state index in [9.17, 15) is 4.79 Å². The van der Waals surface area contributed by atoms with E-state index >= 15 is 0 Å². The van der Waals surface area contributed by atoms with Gasteiger partial charge in [0.05, 0.1) is 18.8 Å². The molecule has 1 heterocycles. The van der Waals surface area contributed by atoms with Crippen molar-refractivity contribution in [2.45, 2.75) is 20.0 Å². The van der Waals surface area contributed by atoms with Gasteiger partial charge in [-0.1, -0.05) is 6.92 Å². The topological polar surface area (TPSA) is 59.7 Å². The fourth-order valence-electron chi connectivity index (χ4n) is 1.20. The number of rotatable bonds is 5. The molecule has 0 amide bonds. The Hall–Kier alpha value is -1.29. The summed E-state index contributed by atoms with van der Waals surface area (Å²) in [5.74, 6) is -0.553. The van der Waals surface area contributed by atoms with Crippen LogP contribution in [0.15, 0.2) is 16.7 Å². The highest BCUT2D eigenvalue weighted by atomic mass is 16.5. The van der Waals surface area contributed by atoms with Gasteiger partial charge in [0.25, 0.3) is 0 Å². The van der Waals surface area contributed by atoms with Crippen LogP contribution in [0.2, 0.25) is 0 Å². The number of aliphatic carboxylic acids is 1. The maximum absolute atomic E-state index is 10.6. The molecule has 1 atom stereocenters. The van der Waals surface area contributed by atoms with Gasteiger partial charge < -0.3 is 14.3 Å². The largest absolute Gasteiger partial charge is 0.481 e. The summed E-state index contributed by atoms with van der Waals surface area (Å²) in [6.45, 7) is 2.11. The number of carbonyl (C=O) groups is 1. The highest BCUT2D eigenvalue weighted by Gasteiger charge is 2.16. The fraction of sp³-hybridized carbons (Fsp3) is 0.500. The molecular weight excluding hydrogens is 184 g/mol. The Labute approximate surface area is 82.5 Å². The van der Waals surface area contributed by atoms with Crippen LogP contribution in [0.25, 0.3) is 0 Å². The predicted octanol–water partition coefficient (Wildman–Crippen LogP) is 1.69. The lowest BCUT2D eigenvalue weighted by Crippen LogP contribution is -2.12. The number of furan rings is 1. The van der Waals surface area contributed by atoms with Gasteiger partial charge in [-0.25, -0.2) is 0 Å².